The van der Waals surface area contributed by atoms with E-state index in [4.69, 9.17) is 4.74 Å². The van der Waals surface area contributed by atoms with Crippen molar-refractivity contribution >= 4 is 22.0 Å². The Kier molecular flexibility index (Phi) is 11.9. The zero-order chi connectivity index (χ0) is 32.7. The minimum absolute atomic E-state index is 0.00907. The van der Waals surface area contributed by atoms with Gasteiger partial charge in [0.05, 0.1) is 13.4 Å². The number of ether oxygens (including phenoxy) is 2. The molecule has 0 aromatic heterocycles. The molecule has 2 fully saturated rings. The van der Waals surface area contributed by atoms with E-state index in [0.29, 0.717) is 18.0 Å². The highest BCUT2D eigenvalue weighted by Crippen LogP contribution is 2.32. The van der Waals surface area contributed by atoms with Crippen molar-refractivity contribution in [3.05, 3.63) is 64.7 Å². The fourth-order valence-corrected chi connectivity index (χ4v) is 7.16. The number of sulfonamides is 1. The second-order valence-corrected chi connectivity index (χ2v) is 13.8. The maximum absolute atomic E-state index is 14.4. The molecule has 1 heterocycles. The van der Waals surface area contributed by atoms with Crippen molar-refractivity contribution in [2.75, 3.05) is 39.5 Å². The molecule has 1 aliphatic carbocycles. The topological polar surface area (TPSA) is 88.2 Å². The SMILES string of the molecule is COc1cc(C(=O)N(C/C(C)=C/c2ccc(F)cc2F)CC2CCCN2C[C@H]2CC[C@@H](NS(C)(=O)=O)CC2)ccc1OC(F)F. The van der Waals surface area contributed by atoms with E-state index in [-0.39, 0.29) is 47.2 Å². The van der Waals surface area contributed by atoms with Crippen LogP contribution in [-0.4, -0.2) is 82.4 Å². The number of alkyl halides is 2. The molecule has 1 amide bonds. The smallest absolute Gasteiger partial charge is 0.387 e. The lowest BCUT2D eigenvalue weighted by Crippen LogP contribution is -2.46. The van der Waals surface area contributed by atoms with E-state index in [1.807, 2.05) is 0 Å². The monoisotopic (exact) mass is 655 g/mol. The van der Waals surface area contributed by atoms with Gasteiger partial charge in [-0.3, -0.25) is 9.69 Å². The van der Waals surface area contributed by atoms with Gasteiger partial charge in [0, 0.05) is 48.9 Å². The lowest BCUT2D eigenvalue weighted by Gasteiger charge is -2.35. The molecule has 0 radical (unpaired) electrons. The number of halogens is 4. The molecule has 0 bridgehead atoms. The first-order valence-corrected chi connectivity index (χ1v) is 17.0. The van der Waals surface area contributed by atoms with Gasteiger partial charge < -0.3 is 14.4 Å². The van der Waals surface area contributed by atoms with Gasteiger partial charge in [0.25, 0.3) is 5.91 Å². The summed E-state index contributed by atoms with van der Waals surface area (Å²) in [5.41, 5.74) is 1.08. The summed E-state index contributed by atoms with van der Waals surface area (Å²) >= 11 is 0. The number of nitrogens with zero attached hydrogens (tertiary/aromatic N) is 2. The molecule has 13 heteroatoms. The summed E-state index contributed by atoms with van der Waals surface area (Å²) in [4.78, 5) is 18.0. The molecule has 1 saturated carbocycles. The van der Waals surface area contributed by atoms with Crippen LogP contribution in [0.3, 0.4) is 0 Å². The fraction of sp³-hybridized carbons (Fsp3) is 0.531. The summed E-state index contributed by atoms with van der Waals surface area (Å²) in [6.07, 6.45) is 7.93. The molecule has 2 aromatic carbocycles. The summed E-state index contributed by atoms with van der Waals surface area (Å²) in [5, 5.41) is 0. The molecule has 1 aliphatic heterocycles. The van der Waals surface area contributed by atoms with Crippen molar-refractivity contribution in [1.29, 1.82) is 0 Å². The lowest BCUT2D eigenvalue weighted by atomic mass is 9.86. The van der Waals surface area contributed by atoms with Crippen LogP contribution in [0.5, 0.6) is 11.5 Å². The number of hydrogen-bond donors (Lipinski definition) is 1. The fourth-order valence-electron chi connectivity index (χ4n) is 6.32. The average molecular weight is 656 g/mol. The van der Waals surface area contributed by atoms with Gasteiger partial charge in [0.15, 0.2) is 11.5 Å². The number of hydrogen-bond acceptors (Lipinski definition) is 6. The lowest BCUT2D eigenvalue weighted by molar-refractivity contribution is -0.0512. The molecular formula is C32H41F4N3O5S. The second kappa shape index (κ2) is 15.4. The molecule has 1 saturated heterocycles. The Balaban J connectivity index is 1.52. The number of amides is 1. The number of rotatable bonds is 13. The van der Waals surface area contributed by atoms with Gasteiger partial charge >= 0.3 is 6.61 Å². The summed E-state index contributed by atoms with van der Waals surface area (Å²) in [6.45, 7) is 0.936. The third-order valence-electron chi connectivity index (χ3n) is 8.37. The van der Waals surface area contributed by atoms with E-state index in [9.17, 15) is 30.8 Å². The molecule has 8 nitrogen and oxygen atoms in total. The van der Waals surface area contributed by atoms with Crippen LogP contribution in [0, 0.1) is 17.6 Å². The highest BCUT2D eigenvalue weighted by molar-refractivity contribution is 7.88. The van der Waals surface area contributed by atoms with Gasteiger partial charge in [-0.15, -0.1) is 0 Å². The molecule has 1 unspecified atom stereocenters. The minimum Gasteiger partial charge on any atom is -0.493 e. The van der Waals surface area contributed by atoms with Crippen molar-refractivity contribution in [2.24, 2.45) is 5.92 Å². The molecular weight excluding hydrogens is 614 g/mol. The first-order chi connectivity index (χ1) is 21.3. The maximum Gasteiger partial charge on any atom is 0.387 e. The zero-order valence-corrected chi connectivity index (χ0v) is 26.6. The predicted molar refractivity (Wildman–Crippen MR) is 164 cm³/mol. The third-order valence-corrected chi connectivity index (χ3v) is 9.13. The summed E-state index contributed by atoms with van der Waals surface area (Å²) in [6, 6.07) is 7.36. The van der Waals surface area contributed by atoms with E-state index in [1.165, 1.54) is 43.7 Å². The van der Waals surface area contributed by atoms with E-state index >= 15 is 0 Å². The van der Waals surface area contributed by atoms with Gasteiger partial charge in [-0.05, 0) is 88.2 Å². The zero-order valence-electron chi connectivity index (χ0n) is 25.8. The van der Waals surface area contributed by atoms with Crippen molar-refractivity contribution in [3.63, 3.8) is 0 Å². The quantitative estimate of drug-likeness (QED) is 0.279. The van der Waals surface area contributed by atoms with Crippen molar-refractivity contribution in [3.8, 4) is 11.5 Å². The van der Waals surface area contributed by atoms with Gasteiger partial charge in [-0.25, -0.2) is 21.9 Å². The van der Waals surface area contributed by atoms with Crippen molar-refractivity contribution in [2.45, 2.75) is 64.1 Å². The Bertz CT molecular complexity index is 1460. The first kappa shape index (κ1) is 34.7. The van der Waals surface area contributed by atoms with Crippen LogP contribution in [-0.2, 0) is 10.0 Å². The number of methoxy groups -OCH3 is 1. The summed E-state index contributed by atoms with van der Waals surface area (Å²) < 4.78 is 89.3. The van der Waals surface area contributed by atoms with Crippen LogP contribution in [0.4, 0.5) is 17.6 Å². The first-order valence-electron chi connectivity index (χ1n) is 15.1. The van der Waals surface area contributed by atoms with Gasteiger partial charge in [0.1, 0.15) is 11.6 Å². The van der Waals surface area contributed by atoms with Gasteiger partial charge in [-0.1, -0.05) is 11.6 Å². The number of nitrogens with one attached hydrogen (secondary N) is 1. The molecule has 4 rings (SSSR count). The standard InChI is InChI=1S/C32H41F4N3O5S/c1-21(15-23-8-10-25(33)17-28(23)34)18-39(31(40)24-9-13-29(44-32(35)36)30(16-24)43-2)20-27-5-4-14-38(27)19-22-6-11-26(12-7-22)37-45(3,41)42/h8-10,13,15-17,22,26-27,32,37H,4-7,11-12,14,18-20H2,1-3H3/b21-15+/t22-,26+,27?. The minimum atomic E-state index is -3.25. The van der Waals surface area contributed by atoms with Crippen LogP contribution in [0.1, 0.15) is 61.4 Å². The van der Waals surface area contributed by atoms with E-state index in [0.717, 1.165) is 57.7 Å². The number of carbonyl (C=O) groups is 1. The normalized spacial score (nSPS) is 21.2. The average Bonchev–Trinajstić information content (AvgIpc) is 3.40. The molecule has 0 spiro atoms. The highest BCUT2D eigenvalue weighted by Gasteiger charge is 2.32. The van der Waals surface area contributed by atoms with E-state index < -0.39 is 28.3 Å². The Labute approximate surface area is 262 Å². The van der Waals surface area contributed by atoms with Gasteiger partial charge in [0.2, 0.25) is 10.0 Å². The molecule has 1 N–H and O–H groups in total. The Morgan fingerprint density at radius 3 is 2.47 bits per heavy atom. The summed E-state index contributed by atoms with van der Waals surface area (Å²) in [7, 11) is -1.96. The van der Waals surface area contributed by atoms with Gasteiger partial charge in [-0.2, -0.15) is 8.78 Å². The molecule has 2 aromatic rings. The Morgan fingerprint density at radius 2 is 1.82 bits per heavy atom. The largest absolute Gasteiger partial charge is 0.493 e. The van der Waals surface area contributed by atoms with Crippen LogP contribution in [0.2, 0.25) is 0 Å². The third kappa shape index (κ3) is 10.2. The number of likely N-dealkylation sites (tertiary alicyclic amines) is 1. The maximum atomic E-state index is 14.4. The van der Waals surface area contributed by atoms with Crippen molar-refractivity contribution < 1.29 is 40.2 Å². The number of carbonyl (C=O) groups excluding carboxylic acids is 1. The Morgan fingerprint density at radius 1 is 1.09 bits per heavy atom. The predicted octanol–water partition coefficient (Wildman–Crippen LogP) is 5.69. The molecule has 45 heavy (non-hydrogen) atoms. The number of benzene rings is 2. The van der Waals surface area contributed by atoms with E-state index in [2.05, 4.69) is 14.4 Å². The Hall–Kier alpha value is -3.16. The van der Waals surface area contributed by atoms with Crippen LogP contribution < -0.4 is 14.2 Å². The second-order valence-electron chi connectivity index (χ2n) is 12.0. The van der Waals surface area contributed by atoms with Crippen LogP contribution in [0.25, 0.3) is 6.08 Å². The molecule has 1 atom stereocenters. The molecule has 2 aliphatic rings. The summed E-state index contributed by atoms with van der Waals surface area (Å²) in [5.74, 6) is -1.55. The highest BCUT2D eigenvalue weighted by atomic mass is 32.2. The van der Waals surface area contributed by atoms with Crippen molar-refractivity contribution in [1.82, 2.24) is 14.5 Å². The van der Waals surface area contributed by atoms with Crippen LogP contribution >= 0.6 is 0 Å². The molecule has 248 valence electrons. The van der Waals surface area contributed by atoms with E-state index in [1.54, 1.807) is 17.9 Å². The van der Waals surface area contributed by atoms with Crippen LogP contribution in [0.15, 0.2) is 42.0 Å².